The molecule has 92 valence electrons. The van der Waals surface area contributed by atoms with Gasteiger partial charge in [0.25, 0.3) is 0 Å². The van der Waals surface area contributed by atoms with Crippen molar-refractivity contribution in [1.29, 1.82) is 0 Å². The molecule has 0 spiro atoms. The Balaban J connectivity index is 3.73. The lowest BCUT2D eigenvalue weighted by molar-refractivity contribution is 0.0799. The lowest BCUT2D eigenvalue weighted by Gasteiger charge is -2.12. The molecule has 0 fully saturated rings. The van der Waals surface area contributed by atoms with Crippen LogP contribution in [0.4, 0.5) is 0 Å². The van der Waals surface area contributed by atoms with Gasteiger partial charge in [-0.3, -0.25) is 0 Å². The van der Waals surface area contributed by atoms with Crippen molar-refractivity contribution in [3.63, 3.8) is 0 Å². The van der Waals surface area contributed by atoms with E-state index in [0.717, 1.165) is 0 Å². The van der Waals surface area contributed by atoms with E-state index < -0.39 is 10.0 Å². The molecule has 0 amide bonds. The van der Waals surface area contributed by atoms with E-state index in [9.17, 15) is 8.42 Å². The quantitative estimate of drug-likeness (QED) is 0.560. The normalized spacial score (nSPS) is 14.1. The Hall–Kier alpha value is -0.170. The average Bonchev–Trinajstić information content (AvgIpc) is 2.16. The Morgan fingerprint density at radius 1 is 1.40 bits per heavy atom. The fourth-order valence-electron chi connectivity index (χ4n) is 1.06. The van der Waals surface area contributed by atoms with Crippen LogP contribution in [0.1, 0.15) is 26.7 Å². The molecule has 0 aromatic heterocycles. The van der Waals surface area contributed by atoms with Crippen molar-refractivity contribution in [3.05, 3.63) is 0 Å². The van der Waals surface area contributed by atoms with Gasteiger partial charge in [-0.05, 0) is 26.7 Å². The fourth-order valence-corrected chi connectivity index (χ4v) is 2.28. The summed E-state index contributed by atoms with van der Waals surface area (Å²) in [4.78, 5) is 0. The second kappa shape index (κ2) is 8.04. The molecule has 0 aliphatic heterocycles. The first kappa shape index (κ1) is 14.8. The first-order valence-electron chi connectivity index (χ1n) is 5.21. The van der Waals surface area contributed by atoms with Crippen LogP contribution >= 0.6 is 0 Å². The van der Waals surface area contributed by atoms with Crippen molar-refractivity contribution in [2.24, 2.45) is 0 Å². The molecule has 0 saturated carbocycles. The van der Waals surface area contributed by atoms with E-state index in [2.05, 4.69) is 4.72 Å². The van der Waals surface area contributed by atoms with Crippen LogP contribution in [0.3, 0.4) is 0 Å². The van der Waals surface area contributed by atoms with Crippen LogP contribution in [0.15, 0.2) is 0 Å². The highest BCUT2D eigenvalue weighted by Gasteiger charge is 2.11. The largest absolute Gasteiger partial charge is 0.396 e. The summed E-state index contributed by atoms with van der Waals surface area (Å²) in [5, 5.41) is 8.52. The molecule has 0 aliphatic rings. The summed E-state index contributed by atoms with van der Waals surface area (Å²) >= 11 is 0. The van der Waals surface area contributed by atoms with Crippen molar-refractivity contribution >= 4 is 10.0 Å². The summed E-state index contributed by atoms with van der Waals surface area (Å²) < 4.78 is 30.4. The summed E-state index contributed by atoms with van der Waals surface area (Å²) in [6.45, 7) is 4.60. The summed E-state index contributed by atoms with van der Waals surface area (Å²) in [6, 6.07) is 0. The monoisotopic (exact) mass is 239 g/mol. The van der Waals surface area contributed by atoms with Gasteiger partial charge in [0, 0.05) is 19.8 Å². The number of hydrogen-bond acceptors (Lipinski definition) is 4. The van der Waals surface area contributed by atoms with Crippen LogP contribution in [0.2, 0.25) is 0 Å². The molecule has 0 saturated heterocycles. The van der Waals surface area contributed by atoms with Crippen molar-refractivity contribution in [2.75, 3.05) is 25.5 Å². The molecule has 0 radical (unpaired) electrons. The number of unbranched alkanes of at least 4 members (excludes halogenated alkanes) is 1. The molecule has 0 bridgehead atoms. The Kier molecular flexibility index (Phi) is 7.95. The zero-order valence-electron chi connectivity index (χ0n) is 9.40. The standard InChI is InChI=1S/C9H21NO4S/c1-3-14-9(2)8-10-15(12,13)7-5-4-6-11/h9-11H,3-8H2,1-2H3. The van der Waals surface area contributed by atoms with Crippen LogP contribution in [-0.4, -0.2) is 45.1 Å². The van der Waals surface area contributed by atoms with Gasteiger partial charge in [-0.25, -0.2) is 13.1 Å². The van der Waals surface area contributed by atoms with Gasteiger partial charge in [0.05, 0.1) is 11.9 Å². The second-order valence-corrected chi connectivity index (χ2v) is 5.29. The van der Waals surface area contributed by atoms with E-state index in [1.165, 1.54) is 0 Å². The third-order valence-electron chi connectivity index (χ3n) is 1.86. The number of aliphatic hydroxyl groups excluding tert-OH is 1. The smallest absolute Gasteiger partial charge is 0.211 e. The van der Waals surface area contributed by atoms with Crippen molar-refractivity contribution < 1.29 is 18.3 Å². The predicted octanol–water partition coefficient (Wildman–Crippen LogP) is 0.103. The Morgan fingerprint density at radius 3 is 2.60 bits per heavy atom. The van der Waals surface area contributed by atoms with Crippen molar-refractivity contribution in [3.8, 4) is 0 Å². The maximum Gasteiger partial charge on any atom is 0.211 e. The van der Waals surface area contributed by atoms with E-state index in [1.54, 1.807) is 0 Å². The molecule has 0 aromatic rings. The Morgan fingerprint density at radius 2 is 2.07 bits per heavy atom. The van der Waals surface area contributed by atoms with E-state index in [4.69, 9.17) is 9.84 Å². The SMILES string of the molecule is CCOC(C)CNS(=O)(=O)CCCCO. The minimum Gasteiger partial charge on any atom is -0.396 e. The third kappa shape index (κ3) is 8.80. The minimum absolute atomic E-state index is 0.0326. The lowest BCUT2D eigenvalue weighted by Crippen LogP contribution is -2.33. The highest BCUT2D eigenvalue weighted by molar-refractivity contribution is 7.89. The number of rotatable bonds is 9. The summed E-state index contributed by atoms with van der Waals surface area (Å²) in [5.74, 6) is 0.0619. The Labute approximate surface area is 91.9 Å². The van der Waals surface area contributed by atoms with Gasteiger partial charge >= 0.3 is 0 Å². The number of nitrogens with one attached hydrogen (secondary N) is 1. The highest BCUT2D eigenvalue weighted by Crippen LogP contribution is 1.95. The molecule has 1 atom stereocenters. The molecule has 15 heavy (non-hydrogen) atoms. The zero-order chi connectivity index (χ0) is 11.7. The zero-order valence-corrected chi connectivity index (χ0v) is 10.2. The highest BCUT2D eigenvalue weighted by atomic mass is 32.2. The minimum atomic E-state index is -3.21. The molecule has 1 unspecified atom stereocenters. The van der Waals surface area contributed by atoms with E-state index in [-0.39, 0.29) is 18.5 Å². The van der Waals surface area contributed by atoms with Gasteiger partial charge in [-0.2, -0.15) is 0 Å². The van der Waals surface area contributed by atoms with E-state index in [0.29, 0.717) is 26.0 Å². The molecule has 0 aliphatic carbocycles. The molecule has 0 aromatic carbocycles. The molecule has 6 heteroatoms. The maximum absolute atomic E-state index is 11.4. The second-order valence-electron chi connectivity index (χ2n) is 3.36. The molecule has 5 nitrogen and oxygen atoms in total. The van der Waals surface area contributed by atoms with E-state index in [1.807, 2.05) is 13.8 Å². The summed E-state index contributed by atoms with van der Waals surface area (Å²) in [7, 11) is -3.21. The van der Waals surface area contributed by atoms with Crippen LogP contribution in [-0.2, 0) is 14.8 Å². The molecule has 2 N–H and O–H groups in total. The van der Waals surface area contributed by atoms with Crippen LogP contribution in [0.25, 0.3) is 0 Å². The van der Waals surface area contributed by atoms with Crippen molar-refractivity contribution in [1.82, 2.24) is 4.72 Å². The van der Waals surface area contributed by atoms with Gasteiger partial charge in [-0.1, -0.05) is 0 Å². The first-order chi connectivity index (χ1) is 7.02. The van der Waals surface area contributed by atoms with Crippen LogP contribution in [0.5, 0.6) is 0 Å². The van der Waals surface area contributed by atoms with Gasteiger partial charge in [-0.15, -0.1) is 0 Å². The predicted molar refractivity (Wildman–Crippen MR) is 59.2 cm³/mol. The topological polar surface area (TPSA) is 75.6 Å². The number of hydrogen-bond donors (Lipinski definition) is 2. The maximum atomic E-state index is 11.4. The average molecular weight is 239 g/mol. The van der Waals surface area contributed by atoms with E-state index >= 15 is 0 Å². The van der Waals surface area contributed by atoms with Crippen LogP contribution < -0.4 is 4.72 Å². The van der Waals surface area contributed by atoms with Gasteiger partial charge in [0.2, 0.25) is 10.0 Å². The van der Waals surface area contributed by atoms with Gasteiger partial charge in [0.15, 0.2) is 0 Å². The third-order valence-corrected chi connectivity index (χ3v) is 3.30. The number of ether oxygens (including phenoxy) is 1. The van der Waals surface area contributed by atoms with Gasteiger partial charge < -0.3 is 9.84 Å². The van der Waals surface area contributed by atoms with Crippen molar-refractivity contribution in [2.45, 2.75) is 32.8 Å². The lowest BCUT2D eigenvalue weighted by atomic mass is 10.4. The van der Waals surface area contributed by atoms with Gasteiger partial charge in [0.1, 0.15) is 0 Å². The summed E-state index contributed by atoms with van der Waals surface area (Å²) in [5.41, 5.74) is 0. The summed E-state index contributed by atoms with van der Waals surface area (Å²) in [6.07, 6.45) is 0.888. The fraction of sp³-hybridized carbons (Fsp3) is 1.00. The molecule has 0 heterocycles. The Bertz CT molecular complexity index is 240. The number of sulfonamides is 1. The molecular formula is C9H21NO4S. The first-order valence-corrected chi connectivity index (χ1v) is 6.87. The molecule has 0 rings (SSSR count). The number of aliphatic hydroxyl groups is 1. The molecular weight excluding hydrogens is 218 g/mol. The van der Waals surface area contributed by atoms with Crippen LogP contribution in [0, 0.1) is 0 Å².